The predicted octanol–water partition coefficient (Wildman–Crippen LogP) is 4.48. The molecule has 0 fully saturated rings. The first-order chi connectivity index (χ1) is 17.2. The largest absolute Gasteiger partial charge is 0.497 e. The van der Waals surface area contributed by atoms with Crippen LogP contribution < -0.4 is 15.4 Å². The first kappa shape index (κ1) is 24.3. The van der Waals surface area contributed by atoms with Crippen LogP contribution in [0, 0.1) is 0 Å². The van der Waals surface area contributed by atoms with Crippen LogP contribution in [0.2, 0.25) is 0 Å². The van der Waals surface area contributed by atoms with Crippen molar-refractivity contribution in [3.05, 3.63) is 58.6 Å². The summed E-state index contributed by atoms with van der Waals surface area (Å²) in [4.78, 5) is 36.0. The van der Waals surface area contributed by atoms with E-state index in [9.17, 15) is 18.0 Å². The zero-order valence-electron chi connectivity index (χ0n) is 19.4. The maximum atomic E-state index is 13.2. The topological polar surface area (TPSA) is 127 Å². The van der Waals surface area contributed by atoms with Gasteiger partial charge in [-0.3, -0.25) is 14.9 Å². The molecule has 186 valence electrons. The molecule has 2 aromatic carbocycles. The number of methoxy groups -OCH3 is 1. The van der Waals surface area contributed by atoms with Crippen LogP contribution in [-0.2, 0) is 21.1 Å². The van der Waals surface area contributed by atoms with Crippen LogP contribution in [0.1, 0.15) is 39.7 Å². The number of hydrogen-bond donors (Lipinski definition) is 2. The van der Waals surface area contributed by atoms with E-state index in [1.165, 1.54) is 28.7 Å². The van der Waals surface area contributed by atoms with E-state index in [1.54, 1.807) is 43.5 Å². The number of thiazole rings is 2. The number of aryl methyl sites for hydroxylation is 1. The lowest BCUT2D eigenvalue weighted by Gasteiger charge is -2.19. The second kappa shape index (κ2) is 9.60. The summed E-state index contributed by atoms with van der Waals surface area (Å²) in [6, 6.07) is 11.5. The molecule has 0 bridgehead atoms. The fourth-order valence-electron chi connectivity index (χ4n) is 4.02. The molecule has 0 radical (unpaired) electrons. The lowest BCUT2D eigenvalue weighted by Crippen LogP contribution is -2.24. The van der Waals surface area contributed by atoms with Gasteiger partial charge in [-0.1, -0.05) is 11.3 Å². The number of carbonyl (C=O) groups excluding carboxylic acids is 2. The number of nitrogens with zero attached hydrogens (tertiary/aromatic N) is 2. The van der Waals surface area contributed by atoms with Gasteiger partial charge in [0.2, 0.25) is 5.91 Å². The number of aromatic nitrogens is 2. The Hall–Kier alpha value is -3.35. The molecule has 1 aliphatic carbocycles. The van der Waals surface area contributed by atoms with Crippen molar-refractivity contribution in [3.63, 3.8) is 0 Å². The van der Waals surface area contributed by atoms with Crippen molar-refractivity contribution < 1.29 is 22.7 Å². The summed E-state index contributed by atoms with van der Waals surface area (Å²) in [5, 5.41) is 6.56. The number of amides is 2. The number of ether oxygens (including phenoxy) is 1. The number of carbonyl (C=O) groups is 2. The lowest BCUT2D eigenvalue weighted by atomic mass is 9.90. The summed E-state index contributed by atoms with van der Waals surface area (Å²) < 4.78 is 29.5. The number of fused-ring (bicyclic) bond motifs is 2. The first-order valence-electron chi connectivity index (χ1n) is 11.1. The van der Waals surface area contributed by atoms with Gasteiger partial charge in [0, 0.05) is 16.7 Å². The minimum absolute atomic E-state index is 0.208. The molecule has 0 saturated carbocycles. The molecule has 12 heteroatoms. The fourth-order valence-corrected chi connectivity index (χ4v) is 6.71. The molecule has 0 spiro atoms. The molecule has 36 heavy (non-hydrogen) atoms. The van der Waals surface area contributed by atoms with Crippen LogP contribution in [0.25, 0.3) is 10.2 Å². The van der Waals surface area contributed by atoms with Crippen molar-refractivity contribution in [2.75, 3.05) is 24.0 Å². The van der Waals surface area contributed by atoms with Crippen LogP contribution in [0.4, 0.5) is 10.3 Å². The van der Waals surface area contributed by atoms with Crippen LogP contribution in [-0.4, -0.2) is 43.6 Å². The highest BCUT2D eigenvalue weighted by Crippen LogP contribution is 2.38. The first-order valence-corrected chi connectivity index (χ1v) is 14.6. The summed E-state index contributed by atoms with van der Waals surface area (Å²) in [5.74, 6) is -0.311. The van der Waals surface area contributed by atoms with Gasteiger partial charge >= 0.3 is 0 Å². The summed E-state index contributed by atoms with van der Waals surface area (Å²) in [6.07, 6.45) is 3.42. The van der Waals surface area contributed by atoms with Gasteiger partial charge < -0.3 is 10.1 Å². The van der Waals surface area contributed by atoms with E-state index in [-0.39, 0.29) is 16.7 Å². The monoisotopic (exact) mass is 542 g/mol. The molecule has 1 atom stereocenters. The number of benzene rings is 2. The number of nitrogens with one attached hydrogen (secondary N) is 2. The normalized spacial score (nSPS) is 15.3. The summed E-state index contributed by atoms with van der Waals surface area (Å²) in [7, 11) is -1.77. The third kappa shape index (κ3) is 4.97. The van der Waals surface area contributed by atoms with Gasteiger partial charge in [-0.25, -0.2) is 18.4 Å². The molecular formula is C24H22N4O5S3. The highest BCUT2D eigenvalue weighted by Gasteiger charge is 2.31. The van der Waals surface area contributed by atoms with Crippen LogP contribution in [0.3, 0.4) is 0 Å². The molecule has 5 rings (SSSR count). The Bertz CT molecular complexity index is 1580. The number of anilines is 2. The van der Waals surface area contributed by atoms with Gasteiger partial charge in [0.1, 0.15) is 5.75 Å². The zero-order valence-corrected chi connectivity index (χ0v) is 21.9. The van der Waals surface area contributed by atoms with Gasteiger partial charge in [0.15, 0.2) is 20.1 Å². The summed E-state index contributed by atoms with van der Waals surface area (Å²) in [6.45, 7) is 0. The Balaban J connectivity index is 1.32. The molecule has 2 amide bonds. The second-order valence-electron chi connectivity index (χ2n) is 8.36. The van der Waals surface area contributed by atoms with Crippen molar-refractivity contribution in [3.8, 4) is 5.75 Å². The minimum atomic E-state index is -3.34. The average molecular weight is 543 g/mol. The van der Waals surface area contributed by atoms with Gasteiger partial charge in [0.05, 0.1) is 33.8 Å². The standard InChI is InChI=1S/C24H22N4O5S3/c1-33-14-8-6-13(7-9-14)21(29)27-24-26-20-16(4-3-5-18(20)34-24)22(30)28-23-25-17-11-10-15(36(2,31)32)12-19(17)35-23/h6-12,16H,3-5H2,1-2H3,(H,25,28,30)(H,26,27,29). The molecular weight excluding hydrogens is 520 g/mol. The third-order valence-corrected chi connectivity index (χ3v) is 8.95. The van der Waals surface area contributed by atoms with Crippen molar-refractivity contribution in [2.45, 2.75) is 30.1 Å². The predicted molar refractivity (Wildman–Crippen MR) is 140 cm³/mol. The van der Waals surface area contributed by atoms with Gasteiger partial charge in [-0.2, -0.15) is 0 Å². The highest BCUT2D eigenvalue weighted by molar-refractivity contribution is 7.90. The smallest absolute Gasteiger partial charge is 0.257 e. The van der Waals surface area contributed by atoms with Gasteiger partial charge in [-0.15, -0.1) is 11.3 Å². The van der Waals surface area contributed by atoms with E-state index >= 15 is 0 Å². The highest BCUT2D eigenvalue weighted by atomic mass is 32.2. The number of rotatable bonds is 6. The van der Waals surface area contributed by atoms with Crippen molar-refractivity contribution in [2.24, 2.45) is 0 Å². The van der Waals surface area contributed by atoms with Crippen molar-refractivity contribution >= 4 is 64.8 Å². The zero-order chi connectivity index (χ0) is 25.4. The van der Waals surface area contributed by atoms with E-state index in [0.29, 0.717) is 43.9 Å². The average Bonchev–Trinajstić information content (AvgIpc) is 3.45. The SMILES string of the molecule is COc1ccc(C(=O)Nc2nc3c(s2)CCCC3C(=O)Nc2nc3ccc(S(C)(=O)=O)cc3s2)cc1. The molecule has 1 aliphatic rings. The molecule has 2 N–H and O–H groups in total. The molecule has 2 heterocycles. The number of hydrogen-bond acceptors (Lipinski definition) is 9. The van der Waals surface area contributed by atoms with E-state index in [2.05, 4.69) is 20.6 Å². The molecule has 4 aromatic rings. The maximum absolute atomic E-state index is 13.2. The van der Waals surface area contributed by atoms with Crippen molar-refractivity contribution in [1.82, 2.24) is 9.97 Å². The quantitative estimate of drug-likeness (QED) is 0.368. The van der Waals surface area contributed by atoms with Gasteiger partial charge in [-0.05, 0) is 61.7 Å². The Labute approximate surface area is 215 Å². The van der Waals surface area contributed by atoms with E-state index < -0.39 is 15.8 Å². The van der Waals surface area contributed by atoms with Crippen LogP contribution in [0.15, 0.2) is 47.4 Å². The Morgan fingerprint density at radius 3 is 2.50 bits per heavy atom. The third-order valence-electron chi connectivity index (χ3n) is 5.86. The summed E-state index contributed by atoms with van der Waals surface area (Å²) >= 11 is 2.61. The maximum Gasteiger partial charge on any atom is 0.257 e. The molecule has 0 saturated heterocycles. The Kier molecular flexibility index (Phi) is 6.49. The Morgan fingerprint density at radius 1 is 1.03 bits per heavy atom. The van der Waals surface area contributed by atoms with Gasteiger partial charge in [0.25, 0.3) is 5.91 Å². The lowest BCUT2D eigenvalue weighted by molar-refractivity contribution is -0.117. The minimum Gasteiger partial charge on any atom is -0.497 e. The molecule has 2 aromatic heterocycles. The molecule has 1 unspecified atom stereocenters. The van der Waals surface area contributed by atoms with E-state index in [0.717, 1.165) is 24.0 Å². The molecule has 9 nitrogen and oxygen atoms in total. The van der Waals surface area contributed by atoms with E-state index in [4.69, 9.17) is 4.74 Å². The number of sulfone groups is 1. The van der Waals surface area contributed by atoms with E-state index in [1.807, 2.05) is 0 Å². The second-order valence-corrected chi connectivity index (χ2v) is 12.5. The molecule has 0 aliphatic heterocycles. The van der Waals surface area contributed by atoms with Crippen LogP contribution >= 0.6 is 22.7 Å². The Morgan fingerprint density at radius 2 is 1.78 bits per heavy atom. The summed E-state index contributed by atoms with van der Waals surface area (Å²) in [5.41, 5.74) is 1.77. The van der Waals surface area contributed by atoms with Crippen molar-refractivity contribution in [1.29, 1.82) is 0 Å². The van der Waals surface area contributed by atoms with Crippen LogP contribution in [0.5, 0.6) is 5.75 Å². The fraction of sp³-hybridized carbons (Fsp3) is 0.250.